The predicted octanol–water partition coefficient (Wildman–Crippen LogP) is 6.71. The Morgan fingerprint density at radius 1 is 1.10 bits per heavy atom. The quantitative estimate of drug-likeness (QED) is 0.290. The molecule has 6 heteroatoms. The average Bonchev–Trinajstić information content (AvgIpc) is 3.21. The maximum absolute atomic E-state index is 9.67. The SMILES string of the molecule is COc1cc(C=C(C#N)c2nc3ccccc3s2)ccc1OCc1ccc(Br)cc1. The van der Waals surface area contributed by atoms with Crippen molar-refractivity contribution in [2.24, 2.45) is 0 Å². The summed E-state index contributed by atoms with van der Waals surface area (Å²) in [7, 11) is 1.61. The molecule has 4 nitrogen and oxygen atoms in total. The smallest absolute Gasteiger partial charge is 0.161 e. The number of hydrogen-bond donors (Lipinski definition) is 0. The van der Waals surface area contributed by atoms with Gasteiger partial charge in [0.05, 0.1) is 22.9 Å². The minimum absolute atomic E-state index is 0.438. The van der Waals surface area contributed by atoms with E-state index >= 15 is 0 Å². The molecular formula is C24H17BrN2O2S. The number of methoxy groups -OCH3 is 1. The van der Waals surface area contributed by atoms with Gasteiger partial charge in [-0.15, -0.1) is 11.3 Å². The van der Waals surface area contributed by atoms with E-state index in [1.54, 1.807) is 7.11 Å². The number of fused-ring (bicyclic) bond motifs is 1. The van der Waals surface area contributed by atoms with Crippen LogP contribution in [0.25, 0.3) is 21.9 Å². The van der Waals surface area contributed by atoms with Crippen molar-refractivity contribution in [3.8, 4) is 17.6 Å². The third-order valence-electron chi connectivity index (χ3n) is 4.45. The van der Waals surface area contributed by atoms with Crippen LogP contribution < -0.4 is 9.47 Å². The molecule has 0 spiro atoms. The topological polar surface area (TPSA) is 55.1 Å². The third kappa shape index (κ3) is 4.54. The molecule has 4 aromatic rings. The molecular weight excluding hydrogens is 460 g/mol. The van der Waals surface area contributed by atoms with Crippen LogP contribution in [0.1, 0.15) is 16.1 Å². The van der Waals surface area contributed by atoms with Gasteiger partial charge >= 0.3 is 0 Å². The minimum atomic E-state index is 0.438. The first-order valence-corrected chi connectivity index (χ1v) is 10.8. The van der Waals surface area contributed by atoms with Crippen molar-refractivity contribution >= 4 is 49.1 Å². The van der Waals surface area contributed by atoms with Gasteiger partial charge < -0.3 is 9.47 Å². The van der Waals surface area contributed by atoms with E-state index in [0.29, 0.717) is 28.7 Å². The highest BCUT2D eigenvalue weighted by Gasteiger charge is 2.10. The Bertz CT molecular complexity index is 1220. The van der Waals surface area contributed by atoms with Gasteiger partial charge in [0, 0.05) is 4.47 Å². The van der Waals surface area contributed by atoms with Crippen LogP contribution in [0.3, 0.4) is 0 Å². The number of nitriles is 1. The molecule has 0 radical (unpaired) electrons. The number of ether oxygens (including phenoxy) is 2. The maximum atomic E-state index is 9.67. The van der Waals surface area contributed by atoms with Gasteiger partial charge in [-0.2, -0.15) is 5.26 Å². The molecule has 0 fully saturated rings. The number of halogens is 1. The molecule has 0 saturated carbocycles. The summed E-state index contributed by atoms with van der Waals surface area (Å²) >= 11 is 4.94. The van der Waals surface area contributed by atoms with Crippen LogP contribution in [-0.2, 0) is 6.61 Å². The van der Waals surface area contributed by atoms with Crippen LogP contribution in [0.5, 0.6) is 11.5 Å². The second-order valence-electron chi connectivity index (χ2n) is 6.48. The van der Waals surface area contributed by atoms with E-state index in [1.807, 2.05) is 72.8 Å². The minimum Gasteiger partial charge on any atom is -0.493 e. The van der Waals surface area contributed by atoms with Crippen LogP contribution in [0.4, 0.5) is 0 Å². The van der Waals surface area contributed by atoms with E-state index in [1.165, 1.54) is 11.3 Å². The summed E-state index contributed by atoms with van der Waals surface area (Å²) in [6.45, 7) is 0.438. The number of allylic oxidation sites excluding steroid dienone is 1. The predicted molar refractivity (Wildman–Crippen MR) is 125 cm³/mol. The molecule has 4 rings (SSSR count). The Hall–Kier alpha value is -3.14. The first-order chi connectivity index (χ1) is 14.7. The monoisotopic (exact) mass is 476 g/mol. The molecule has 30 heavy (non-hydrogen) atoms. The number of nitrogens with zero attached hydrogens (tertiary/aromatic N) is 2. The van der Waals surface area contributed by atoms with Gasteiger partial charge in [0.2, 0.25) is 0 Å². The number of benzene rings is 3. The second-order valence-corrected chi connectivity index (χ2v) is 8.43. The van der Waals surface area contributed by atoms with Crippen molar-refractivity contribution in [2.45, 2.75) is 6.61 Å². The van der Waals surface area contributed by atoms with E-state index in [2.05, 4.69) is 27.0 Å². The molecule has 0 amide bonds. The van der Waals surface area contributed by atoms with E-state index in [4.69, 9.17) is 9.47 Å². The maximum Gasteiger partial charge on any atom is 0.161 e. The van der Waals surface area contributed by atoms with Crippen molar-refractivity contribution in [2.75, 3.05) is 7.11 Å². The summed E-state index contributed by atoms with van der Waals surface area (Å²) in [6, 6.07) is 23.7. The molecule has 1 heterocycles. The lowest BCUT2D eigenvalue weighted by molar-refractivity contribution is 0.284. The van der Waals surface area contributed by atoms with Gasteiger partial charge in [0.25, 0.3) is 0 Å². The van der Waals surface area contributed by atoms with Gasteiger partial charge in [0.1, 0.15) is 17.7 Å². The van der Waals surface area contributed by atoms with Crippen molar-refractivity contribution in [3.63, 3.8) is 0 Å². The second kappa shape index (κ2) is 9.12. The van der Waals surface area contributed by atoms with Gasteiger partial charge in [-0.25, -0.2) is 4.98 Å². The number of thiazole rings is 1. The first kappa shape index (κ1) is 20.1. The highest BCUT2D eigenvalue weighted by atomic mass is 79.9. The Kier molecular flexibility index (Phi) is 6.12. The summed E-state index contributed by atoms with van der Waals surface area (Å²) in [5.41, 5.74) is 3.32. The first-order valence-electron chi connectivity index (χ1n) is 9.19. The highest BCUT2D eigenvalue weighted by Crippen LogP contribution is 2.32. The zero-order chi connectivity index (χ0) is 20.9. The summed E-state index contributed by atoms with van der Waals surface area (Å²) in [5, 5.41) is 10.4. The highest BCUT2D eigenvalue weighted by molar-refractivity contribution is 9.10. The molecule has 0 unspecified atom stereocenters. The van der Waals surface area contributed by atoms with Crippen molar-refractivity contribution < 1.29 is 9.47 Å². The molecule has 148 valence electrons. The van der Waals surface area contributed by atoms with Gasteiger partial charge in [-0.05, 0) is 53.6 Å². The van der Waals surface area contributed by atoms with Crippen LogP contribution in [0.2, 0.25) is 0 Å². The van der Waals surface area contributed by atoms with Crippen LogP contribution >= 0.6 is 27.3 Å². The lowest BCUT2D eigenvalue weighted by Crippen LogP contribution is -1.98. The molecule has 0 aliphatic carbocycles. The number of aromatic nitrogens is 1. The van der Waals surface area contributed by atoms with Gasteiger partial charge in [0.15, 0.2) is 11.5 Å². The van der Waals surface area contributed by atoms with E-state index in [9.17, 15) is 5.26 Å². The van der Waals surface area contributed by atoms with Gasteiger partial charge in [-0.1, -0.05) is 46.3 Å². The van der Waals surface area contributed by atoms with Gasteiger partial charge in [-0.3, -0.25) is 0 Å². The fourth-order valence-corrected chi connectivity index (χ4v) is 4.13. The molecule has 0 atom stereocenters. The Morgan fingerprint density at radius 3 is 2.63 bits per heavy atom. The zero-order valence-electron chi connectivity index (χ0n) is 16.1. The standard InChI is InChI=1S/C24H17BrN2O2S/c1-28-22-13-17(8-11-21(22)29-15-16-6-9-19(25)10-7-16)12-18(14-26)24-27-20-4-2-3-5-23(20)30-24/h2-13H,15H2,1H3. The Balaban J connectivity index is 1.57. The molecule has 0 aliphatic rings. The van der Waals surface area contributed by atoms with Crippen LogP contribution in [0, 0.1) is 11.3 Å². The van der Waals surface area contributed by atoms with E-state index in [-0.39, 0.29) is 0 Å². The van der Waals surface area contributed by atoms with Crippen molar-refractivity contribution in [3.05, 3.63) is 87.3 Å². The van der Waals surface area contributed by atoms with Crippen molar-refractivity contribution in [1.29, 1.82) is 5.26 Å². The fourth-order valence-electron chi connectivity index (χ4n) is 2.93. The number of rotatable bonds is 6. The van der Waals surface area contributed by atoms with Crippen LogP contribution in [0.15, 0.2) is 71.2 Å². The normalized spacial score (nSPS) is 11.3. The Morgan fingerprint density at radius 2 is 1.90 bits per heavy atom. The average molecular weight is 477 g/mol. The van der Waals surface area contributed by atoms with Crippen molar-refractivity contribution in [1.82, 2.24) is 4.98 Å². The summed E-state index contributed by atoms with van der Waals surface area (Å²) in [4.78, 5) is 4.58. The zero-order valence-corrected chi connectivity index (χ0v) is 18.5. The molecule has 0 aliphatic heterocycles. The summed E-state index contributed by atoms with van der Waals surface area (Å²) in [5.74, 6) is 1.26. The Labute approximate surface area is 187 Å². The molecule has 0 bridgehead atoms. The molecule has 0 N–H and O–H groups in total. The van der Waals surface area contributed by atoms with E-state index < -0.39 is 0 Å². The molecule has 0 saturated heterocycles. The summed E-state index contributed by atoms with van der Waals surface area (Å²) < 4.78 is 13.5. The summed E-state index contributed by atoms with van der Waals surface area (Å²) in [6.07, 6.45) is 1.82. The molecule has 1 aromatic heterocycles. The fraction of sp³-hybridized carbons (Fsp3) is 0.0833. The van der Waals surface area contributed by atoms with E-state index in [0.717, 1.165) is 25.8 Å². The number of para-hydroxylation sites is 1. The van der Waals surface area contributed by atoms with Crippen LogP contribution in [-0.4, -0.2) is 12.1 Å². The third-order valence-corrected chi connectivity index (χ3v) is 6.05. The lowest BCUT2D eigenvalue weighted by Gasteiger charge is -2.11. The lowest BCUT2D eigenvalue weighted by atomic mass is 10.1. The number of hydrogen-bond acceptors (Lipinski definition) is 5. The molecule has 3 aromatic carbocycles. The largest absolute Gasteiger partial charge is 0.493 e.